The fraction of sp³-hybridized carbons (Fsp3) is 0.208. The fourth-order valence-corrected chi connectivity index (χ4v) is 5.07. The van der Waals surface area contributed by atoms with E-state index < -0.39 is 10.0 Å². The molecule has 0 aliphatic rings. The zero-order valence-corrected chi connectivity index (χ0v) is 21.7. The predicted octanol–water partition coefficient (Wildman–Crippen LogP) is 5.59. The predicted molar refractivity (Wildman–Crippen MR) is 134 cm³/mol. The van der Waals surface area contributed by atoms with E-state index >= 15 is 0 Å². The third-order valence-corrected chi connectivity index (χ3v) is 7.86. The minimum atomic E-state index is -3.88. The molecular formula is C24H24Br2N2O3S. The van der Waals surface area contributed by atoms with Gasteiger partial charge in [0.05, 0.1) is 17.5 Å². The molecule has 3 aromatic rings. The number of nitrogens with one attached hydrogen (secondary N) is 1. The zero-order valence-electron chi connectivity index (χ0n) is 17.8. The number of aryl methyl sites for hydroxylation is 1. The highest BCUT2D eigenvalue weighted by molar-refractivity contribution is 9.10. The monoisotopic (exact) mass is 578 g/mol. The molecule has 0 fully saturated rings. The number of carbonyl (C=O) groups is 1. The number of hydrogen-bond donors (Lipinski definition) is 1. The van der Waals surface area contributed by atoms with Gasteiger partial charge in [-0.25, -0.2) is 8.42 Å². The van der Waals surface area contributed by atoms with Crippen molar-refractivity contribution in [3.05, 3.63) is 98.4 Å². The number of benzene rings is 3. The Balaban J connectivity index is 1.82. The number of sulfonamides is 1. The Morgan fingerprint density at radius 2 is 1.44 bits per heavy atom. The summed E-state index contributed by atoms with van der Waals surface area (Å²) in [7, 11) is -3.88. The molecule has 32 heavy (non-hydrogen) atoms. The van der Waals surface area contributed by atoms with Crippen molar-refractivity contribution >= 4 is 47.8 Å². The molecule has 0 saturated heterocycles. The standard InChI is InChI=1S/C24H24Br2N2O3S/c1-17-3-5-19(6-4-17)15-28(32(30,31)23-13-11-22(26)12-14-23)16-24(29)27-18(2)20-7-9-21(25)10-8-20/h3-14,18H,15-16H2,1-2H3,(H,27,29). The number of hydrogen-bond acceptors (Lipinski definition) is 3. The highest BCUT2D eigenvalue weighted by atomic mass is 79.9. The van der Waals surface area contributed by atoms with Crippen molar-refractivity contribution in [1.82, 2.24) is 9.62 Å². The van der Waals surface area contributed by atoms with Crippen LogP contribution < -0.4 is 5.32 Å². The first kappa shape index (κ1) is 24.6. The smallest absolute Gasteiger partial charge is 0.243 e. The quantitative estimate of drug-likeness (QED) is 0.378. The fourth-order valence-electron chi connectivity index (χ4n) is 3.16. The first-order valence-electron chi connectivity index (χ1n) is 10.0. The summed E-state index contributed by atoms with van der Waals surface area (Å²) in [4.78, 5) is 13.0. The average Bonchev–Trinajstić information content (AvgIpc) is 2.75. The largest absolute Gasteiger partial charge is 0.348 e. The van der Waals surface area contributed by atoms with Crippen LogP contribution in [0.2, 0.25) is 0 Å². The maximum Gasteiger partial charge on any atom is 0.243 e. The lowest BCUT2D eigenvalue weighted by molar-refractivity contribution is -0.122. The van der Waals surface area contributed by atoms with Crippen LogP contribution in [0.1, 0.15) is 29.7 Å². The van der Waals surface area contributed by atoms with Crippen LogP contribution in [-0.2, 0) is 21.4 Å². The van der Waals surface area contributed by atoms with Crippen LogP contribution >= 0.6 is 31.9 Å². The van der Waals surface area contributed by atoms with E-state index in [0.717, 1.165) is 25.6 Å². The van der Waals surface area contributed by atoms with Gasteiger partial charge in [-0.1, -0.05) is 73.8 Å². The molecule has 1 amide bonds. The van der Waals surface area contributed by atoms with E-state index in [1.807, 2.05) is 62.4 Å². The van der Waals surface area contributed by atoms with Gasteiger partial charge in [0.25, 0.3) is 0 Å². The average molecular weight is 580 g/mol. The molecule has 5 nitrogen and oxygen atoms in total. The Morgan fingerprint density at radius 3 is 2.00 bits per heavy atom. The molecule has 0 aromatic heterocycles. The second kappa shape index (κ2) is 10.7. The maximum absolute atomic E-state index is 13.4. The molecule has 0 aliphatic heterocycles. The number of nitrogens with zero attached hydrogens (tertiary/aromatic N) is 1. The second-order valence-corrected chi connectivity index (χ2v) is 11.3. The maximum atomic E-state index is 13.4. The molecule has 1 atom stereocenters. The van der Waals surface area contributed by atoms with Gasteiger partial charge in [-0.3, -0.25) is 4.79 Å². The van der Waals surface area contributed by atoms with E-state index in [0.29, 0.717) is 0 Å². The molecule has 0 aliphatic carbocycles. The number of carbonyl (C=O) groups excluding carboxylic acids is 1. The van der Waals surface area contributed by atoms with Gasteiger partial charge in [0.1, 0.15) is 0 Å². The summed E-state index contributed by atoms with van der Waals surface area (Å²) in [6.45, 7) is 3.65. The summed E-state index contributed by atoms with van der Waals surface area (Å²) in [5.41, 5.74) is 2.82. The summed E-state index contributed by atoms with van der Waals surface area (Å²) in [6.07, 6.45) is 0. The van der Waals surface area contributed by atoms with E-state index in [2.05, 4.69) is 37.2 Å². The lowest BCUT2D eigenvalue weighted by Crippen LogP contribution is -2.41. The minimum Gasteiger partial charge on any atom is -0.348 e. The van der Waals surface area contributed by atoms with Crippen LogP contribution in [0.4, 0.5) is 0 Å². The van der Waals surface area contributed by atoms with Crippen molar-refractivity contribution in [3.63, 3.8) is 0 Å². The van der Waals surface area contributed by atoms with Gasteiger partial charge in [0.2, 0.25) is 15.9 Å². The van der Waals surface area contributed by atoms with Crippen LogP contribution in [-0.4, -0.2) is 25.2 Å². The molecule has 3 rings (SSSR count). The second-order valence-electron chi connectivity index (χ2n) is 7.55. The highest BCUT2D eigenvalue weighted by Crippen LogP contribution is 2.22. The molecule has 168 valence electrons. The normalized spacial score (nSPS) is 12.5. The topological polar surface area (TPSA) is 66.5 Å². The Labute approximate surface area is 206 Å². The first-order valence-corrected chi connectivity index (χ1v) is 13.0. The van der Waals surface area contributed by atoms with Gasteiger partial charge in [-0.2, -0.15) is 4.31 Å². The molecule has 0 radical (unpaired) electrons. The number of halogens is 2. The van der Waals surface area contributed by atoms with Crippen molar-refractivity contribution in [2.75, 3.05) is 6.54 Å². The van der Waals surface area contributed by atoms with Crippen molar-refractivity contribution in [3.8, 4) is 0 Å². The third-order valence-electron chi connectivity index (χ3n) is 5.00. The summed E-state index contributed by atoms with van der Waals surface area (Å²) >= 11 is 6.73. The Kier molecular flexibility index (Phi) is 8.27. The number of rotatable bonds is 8. The summed E-state index contributed by atoms with van der Waals surface area (Å²) in [6, 6.07) is 21.4. The molecule has 8 heteroatoms. The minimum absolute atomic E-state index is 0.0960. The lowest BCUT2D eigenvalue weighted by Gasteiger charge is -2.23. The van der Waals surface area contributed by atoms with Crippen LogP contribution in [0.15, 0.2) is 86.6 Å². The van der Waals surface area contributed by atoms with Crippen LogP contribution in [0.3, 0.4) is 0 Å². The van der Waals surface area contributed by atoms with Gasteiger partial charge in [0.15, 0.2) is 0 Å². The van der Waals surface area contributed by atoms with Gasteiger partial charge < -0.3 is 5.32 Å². The highest BCUT2D eigenvalue weighted by Gasteiger charge is 2.27. The van der Waals surface area contributed by atoms with Gasteiger partial charge in [-0.15, -0.1) is 0 Å². The molecule has 0 bridgehead atoms. The summed E-state index contributed by atoms with van der Waals surface area (Å²) < 4.78 is 29.7. The van der Waals surface area contributed by atoms with Crippen LogP contribution in [0.25, 0.3) is 0 Å². The van der Waals surface area contributed by atoms with E-state index in [-0.39, 0.29) is 29.9 Å². The van der Waals surface area contributed by atoms with Gasteiger partial charge >= 0.3 is 0 Å². The van der Waals surface area contributed by atoms with E-state index in [1.54, 1.807) is 12.1 Å². The third kappa shape index (κ3) is 6.51. The van der Waals surface area contributed by atoms with Crippen LogP contribution in [0.5, 0.6) is 0 Å². The Bertz CT molecular complexity index is 1160. The van der Waals surface area contributed by atoms with Crippen molar-refractivity contribution in [2.24, 2.45) is 0 Å². The molecule has 1 N–H and O–H groups in total. The van der Waals surface area contributed by atoms with Gasteiger partial charge in [0, 0.05) is 15.5 Å². The molecule has 3 aromatic carbocycles. The van der Waals surface area contributed by atoms with Crippen molar-refractivity contribution < 1.29 is 13.2 Å². The zero-order chi connectivity index (χ0) is 23.3. The van der Waals surface area contributed by atoms with Gasteiger partial charge in [-0.05, 0) is 61.4 Å². The molecular weight excluding hydrogens is 556 g/mol. The molecule has 1 unspecified atom stereocenters. The Morgan fingerprint density at radius 1 is 0.906 bits per heavy atom. The molecule has 0 heterocycles. The van der Waals surface area contributed by atoms with Crippen molar-refractivity contribution in [1.29, 1.82) is 0 Å². The SMILES string of the molecule is Cc1ccc(CN(CC(=O)NC(C)c2ccc(Br)cc2)S(=O)(=O)c2ccc(Br)cc2)cc1. The van der Waals surface area contributed by atoms with Crippen LogP contribution in [0, 0.1) is 6.92 Å². The first-order chi connectivity index (χ1) is 15.1. The lowest BCUT2D eigenvalue weighted by atomic mass is 10.1. The molecule has 0 spiro atoms. The number of amides is 1. The Hall–Kier alpha value is -2.00. The van der Waals surface area contributed by atoms with E-state index in [9.17, 15) is 13.2 Å². The summed E-state index contributed by atoms with van der Waals surface area (Å²) in [5.74, 6) is -0.367. The van der Waals surface area contributed by atoms with E-state index in [1.165, 1.54) is 16.4 Å². The van der Waals surface area contributed by atoms with Crippen molar-refractivity contribution in [2.45, 2.75) is 31.3 Å². The summed E-state index contributed by atoms with van der Waals surface area (Å²) in [5, 5.41) is 2.91. The van der Waals surface area contributed by atoms with E-state index in [4.69, 9.17) is 0 Å². The molecule has 0 saturated carbocycles.